The zero-order chi connectivity index (χ0) is 6.85. The van der Waals surface area contributed by atoms with E-state index in [9.17, 15) is 0 Å². The van der Waals surface area contributed by atoms with Crippen LogP contribution in [0.5, 0.6) is 0 Å². The molecule has 0 spiro atoms. The van der Waals surface area contributed by atoms with Crippen molar-refractivity contribution in [3.63, 3.8) is 0 Å². The van der Waals surface area contributed by atoms with Gasteiger partial charge in [0.1, 0.15) is 0 Å². The second-order valence-corrected chi connectivity index (χ2v) is 2.93. The zero-order valence-corrected chi connectivity index (χ0v) is 8.52. The Balaban J connectivity index is 0.000000810. The summed E-state index contributed by atoms with van der Waals surface area (Å²) < 4.78 is 2.93. The number of rotatable bonds is 1. The second-order valence-electron chi connectivity index (χ2n) is 1.77. The van der Waals surface area contributed by atoms with Crippen LogP contribution in [-0.2, 0) is 13.6 Å². The van der Waals surface area contributed by atoms with E-state index in [-0.39, 0.29) is 12.4 Å². The smallest absolute Gasteiger partial charge is 0.0650 e. The van der Waals surface area contributed by atoms with Crippen LogP contribution in [-0.4, -0.2) is 9.78 Å². The largest absolute Gasteiger partial charge is 0.325 e. The average molecular weight is 274 g/mol. The molecule has 1 aromatic heterocycles. The third-order valence-corrected chi connectivity index (χ3v) is 2.11. The molecular weight excluding hydrogens is 264 g/mol. The van der Waals surface area contributed by atoms with Gasteiger partial charge in [-0.1, -0.05) is 0 Å². The van der Waals surface area contributed by atoms with Crippen LogP contribution >= 0.6 is 35.0 Å². The number of hydrogen-bond acceptors (Lipinski definition) is 2. The lowest BCUT2D eigenvalue weighted by atomic mass is 10.4. The molecule has 0 atom stereocenters. The van der Waals surface area contributed by atoms with Gasteiger partial charge in [0.05, 0.1) is 15.5 Å². The molecule has 1 rings (SSSR count). The molecule has 1 heterocycles. The van der Waals surface area contributed by atoms with Crippen LogP contribution in [0.4, 0.5) is 0 Å². The fourth-order valence-corrected chi connectivity index (χ4v) is 1.36. The summed E-state index contributed by atoms with van der Waals surface area (Å²) in [5.74, 6) is 0. The highest BCUT2D eigenvalue weighted by Crippen LogP contribution is 2.08. The first-order valence-corrected chi connectivity index (χ1v) is 3.70. The van der Waals surface area contributed by atoms with E-state index in [0.717, 1.165) is 9.26 Å². The number of halogens is 2. The molecule has 0 radical (unpaired) electrons. The van der Waals surface area contributed by atoms with Crippen molar-refractivity contribution >= 4 is 35.0 Å². The van der Waals surface area contributed by atoms with Gasteiger partial charge in [0, 0.05) is 13.6 Å². The summed E-state index contributed by atoms with van der Waals surface area (Å²) >= 11 is 2.22. The Morgan fingerprint density at radius 2 is 2.40 bits per heavy atom. The highest BCUT2D eigenvalue weighted by molar-refractivity contribution is 14.1. The molecule has 0 aliphatic carbocycles. The fourth-order valence-electron chi connectivity index (χ4n) is 0.666. The standard InChI is InChI=1S/C5H8IN3.ClH/c1-9-5(2-7)4(6)3-8-9;/h3H,2,7H2,1H3;1H. The van der Waals surface area contributed by atoms with Gasteiger partial charge in [-0.3, -0.25) is 4.68 Å². The van der Waals surface area contributed by atoms with Gasteiger partial charge in [0.15, 0.2) is 0 Å². The molecule has 0 amide bonds. The number of aryl methyl sites for hydroxylation is 1. The highest BCUT2D eigenvalue weighted by atomic mass is 127. The van der Waals surface area contributed by atoms with E-state index >= 15 is 0 Å². The maximum Gasteiger partial charge on any atom is 0.0650 e. The molecule has 5 heteroatoms. The SMILES string of the molecule is Cl.Cn1ncc(I)c1CN. The Bertz CT molecular complexity index is 191. The van der Waals surface area contributed by atoms with Crippen molar-refractivity contribution in [1.82, 2.24) is 9.78 Å². The van der Waals surface area contributed by atoms with Gasteiger partial charge in [-0.15, -0.1) is 12.4 Å². The van der Waals surface area contributed by atoms with Gasteiger partial charge in [-0.2, -0.15) is 5.10 Å². The minimum absolute atomic E-state index is 0. The molecule has 0 saturated heterocycles. The van der Waals surface area contributed by atoms with Crippen molar-refractivity contribution in [3.8, 4) is 0 Å². The summed E-state index contributed by atoms with van der Waals surface area (Å²) in [6.07, 6.45) is 1.81. The zero-order valence-electron chi connectivity index (χ0n) is 5.54. The summed E-state index contributed by atoms with van der Waals surface area (Å²) in [6.45, 7) is 0.564. The number of nitrogens with two attached hydrogens (primary N) is 1. The van der Waals surface area contributed by atoms with Crippen molar-refractivity contribution in [3.05, 3.63) is 15.5 Å². The first-order chi connectivity index (χ1) is 4.25. The normalized spacial score (nSPS) is 9.10. The third kappa shape index (κ3) is 1.83. The summed E-state index contributed by atoms with van der Waals surface area (Å²) in [4.78, 5) is 0. The van der Waals surface area contributed by atoms with Crippen molar-refractivity contribution in [2.24, 2.45) is 12.8 Å². The van der Waals surface area contributed by atoms with Crippen molar-refractivity contribution in [1.29, 1.82) is 0 Å². The molecule has 0 aliphatic heterocycles. The second kappa shape index (κ2) is 4.15. The van der Waals surface area contributed by atoms with Gasteiger partial charge in [-0.25, -0.2) is 0 Å². The topological polar surface area (TPSA) is 43.8 Å². The van der Waals surface area contributed by atoms with Crippen LogP contribution < -0.4 is 5.73 Å². The van der Waals surface area contributed by atoms with E-state index in [4.69, 9.17) is 5.73 Å². The van der Waals surface area contributed by atoms with E-state index in [1.54, 1.807) is 4.68 Å². The summed E-state index contributed by atoms with van der Waals surface area (Å²) in [7, 11) is 1.89. The summed E-state index contributed by atoms with van der Waals surface area (Å²) in [5.41, 5.74) is 6.52. The first kappa shape index (κ1) is 10.2. The molecule has 10 heavy (non-hydrogen) atoms. The van der Waals surface area contributed by atoms with E-state index in [1.165, 1.54) is 0 Å². The Morgan fingerprint density at radius 3 is 2.60 bits per heavy atom. The van der Waals surface area contributed by atoms with Crippen LogP contribution in [0.2, 0.25) is 0 Å². The van der Waals surface area contributed by atoms with E-state index < -0.39 is 0 Å². The Morgan fingerprint density at radius 1 is 1.80 bits per heavy atom. The van der Waals surface area contributed by atoms with Gasteiger partial charge < -0.3 is 5.73 Å². The number of hydrogen-bond donors (Lipinski definition) is 1. The molecule has 0 unspecified atom stereocenters. The average Bonchev–Trinajstić information content (AvgIpc) is 2.12. The molecule has 0 saturated carbocycles. The van der Waals surface area contributed by atoms with Crippen LogP contribution in [0.3, 0.4) is 0 Å². The van der Waals surface area contributed by atoms with Gasteiger partial charge >= 0.3 is 0 Å². The molecule has 3 nitrogen and oxygen atoms in total. The summed E-state index contributed by atoms with van der Waals surface area (Å²) in [6, 6.07) is 0. The lowest BCUT2D eigenvalue weighted by Gasteiger charge is -1.95. The first-order valence-electron chi connectivity index (χ1n) is 2.62. The monoisotopic (exact) mass is 273 g/mol. The van der Waals surface area contributed by atoms with Gasteiger partial charge in [0.25, 0.3) is 0 Å². The third-order valence-electron chi connectivity index (χ3n) is 1.20. The molecular formula is C5H9ClIN3. The van der Waals surface area contributed by atoms with E-state index in [1.807, 2.05) is 13.2 Å². The maximum atomic E-state index is 5.43. The minimum Gasteiger partial charge on any atom is -0.325 e. The Kier molecular flexibility index (Phi) is 4.23. The molecule has 0 aliphatic rings. The molecule has 1 aromatic rings. The fraction of sp³-hybridized carbons (Fsp3) is 0.400. The lowest BCUT2D eigenvalue weighted by Crippen LogP contribution is -2.05. The van der Waals surface area contributed by atoms with Crippen LogP contribution in [0.15, 0.2) is 6.20 Å². The lowest BCUT2D eigenvalue weighted by molar-refractivity contribution is 0.711. The van der Waals surface area contributed by atoms with Gasteiger partial charge in [-0.05, 0) is 22.6 Å². The molecule has 0 bridgehead atoms. The predicted molar refractivity (Wildman–Crippen MR) is 51.1 cm³/mol. The van der Waals surface area contributed by atoms with E-state index in [0.29, 0.717) is 6.54 Å². The quantitative estimate of drug-likeness (QED) is 0.773. The van der Waals surface area contributed by atoms with Crippen molar-refractivity contribution < 1.29 is 0 Å². The minimum atomic E-state index is 0. The number of aromatic nitrogens is 2. The predicted octanol–water partition coefficient (Wildman–Crippen LogP) is 0.905. The van der Waals surface area contributed by atoms with Crippen molar-refractivity contribution in [2.45, 2.75) is 6.54 Å². The Labute approximate surface area is 79.5 Å². The van der Waals surface area contributed by atoms with Crippen LogP contribution in [0.1, 0.15) is 5.69 Å². The van der Waals surface area contributed by atoms with E-state index in [2.05, 4.69) is 27.7 Å². The van der Waals surface area contributed by atoms with Crippen LogP contribution in [0, 0.1) is 3.57 Å². The van der Waals surface area contributed by atoms with Crippen LogP contribution in [0.25, 0.3) is 0 Å². The molecule has 0 aromatic carbocycles. The molecule has 2 N–H and O–H groups in total. The maximum absolute atomic E-state index is 5.43. The molecule has 0 fully saturated rings. The molecule has 58 valence electrons. The number of nitrogens with zero attached hydrogens (tertiary/aromatic N) is 2. The van der Waals surface area contributed by atoms with Gasteiger partial charge in [0.2, 0.25) is 0 Å². The highest BCUT2D eigenvalue weighted by Gasteiger charge is 2.00. The van der Waals surface area contributed by atoms with Crippen molar-refractivity contribution in [2.75, 3.05) is 0 Å². The Hall–Kier alpha value is 0.190. The summed E-state index contributed by atoms with van der Waals surface area (Å²) in [5, 5.41) is 4.02.